The Morgan fingerprint density at radius 1 is 1.53 bits per heavy atom. The number of hydrogen-bond donors (Lipinski definition) is 2. The molecule has 0 spiro atoms. The number of halogens is 1. The van der Waals surface area contributed by atoms with Gasteiger partial charge in [0.25, 0.3) is 0 Å². The quantitative estimate of drug-likeness (QED) is 0.868. The topological polar surface area (TPSA) is 55.1 Å². The van der Waals surface area contributed by atoms with Crippen molar-refractivity contribution in [3.05, 3.63) is 28.8 Å². The Hall–Kier alpha value is -1.06. The van der Waals surface area contributed by atoms with Gasteiger partial charge in [-0.25, -0.2) is 0 Å². The Kier molecular flexibility index (Phi) is 4.97. The number of hydrogen-bond acceptors (Lipinski definition) is 2. The van der Waals surface area contributed by atoms with Crippen molar-refractivity contribution in [2.24, 2.45) is 11.7 Å². The van der Waals surface area contributed by atoms with E-state index in [2.05, 4.69) is 5.32 Å². The molecular weight excluding hydrogens is 236 g/mol. The smallest absolute Gasteiger partial charge is 0.241 e. The largest absolute Gasteiger partial charge is 0.324 e. The molecule has 1 rings (SSSR count). The first-order chi connectivity index (χ1) is 7.95. The minimum Gasteiger partial charge on any atom is -0.324 e. The summed E-state index contributed by atoms with van der Waals surface area (Å²) < 4.78 is 0. The highest BCUT2D eigenvalue weighted by Gasteiger charge is 2.19. The van der Waals surface area contributed by atoms with E-state index in [4.69, 9.17) is 17.3 Å². The van der Waals surface area contributed by atoms with Gasteiger partial charge < -0.3 is 11.1 Å². The monoisotopic (exact) mass is 254 g/mol. The van der Waals surface area contributed by atoms with Crippen molar-refractivity contribution >= 4 is 23.2 Å². The maximum Gasteiger partial charge on any atom is 0.241 e. The predicted molar refractivity (Wildman–Crippen MR) is 72.2 cm³/mol. The second kappa shape index (κ2) is 6.03. The third kappa shape index (κ3) is 3.72. The molecule has 0 saturated heterocycles. The van der Waals surface area contributed by atoms with E-state index in [0.717, 1.165) is 17.7 Å². The highest BCUT2D eigenvalue weighted by Crippen LogP contribution is 2.20. The lowest BCUT2D eigenvalue weighted by atomic mass is 9.99. The van der Waals surface area contributed by atoms with Gasteiger partial charge in [0.15, 0.2) is 0 Å². The van der Waals surface area contributed by atoms with Crippen LogP contribution in [0.1, 0.15) is 25.8 Å². The standard InChI is InChI=1S/C13H19ClN2O/c1-4-8(2)12(15)13(17)16-11-7-10(14)6-5-9(11)3/h5-8,12H,4,15H2,1-3H3,(H,16,17)/t8?,12-/m0/s1. The molecule has 0 aliphatic heterocycles. The van der Waals surface area contributed by atoms with Crippen molar-refractivity contribution in [3.63, 3.8) is 0 Å². The molecule has 0 aliphatic rings. The van der Waals surface area contributed by atoms with Gasteiger partial charge in [0, 0.05) is 10.7 Å². The molecule has 1 amide bonds. The Balaban J connectivity index is 2.77. The van der Waals surface area contributed by atoms with Crippen molar-refractivity contribution in [3.8, 4) is 0 Å². The molecule has 1 aromatic carbocycles. The molecule has 17 heavy (non-hydrogen) atoms. The zero-order valence-corrected chi connectivity index (χ0v) is 11.2. The third-order valence-corrected chi connectivity index (χ3v) is 3.25. The lowest BCUT2D eigenvalue weighted by Crippen LogP contribution is -2.40. The van der Waals surface area contributed by atoms with Gasteiger partial charge in [-0.3, -0.25) is 4.79 Å². The summed E-state index contributed by atoms with van der Waals surface area (Å²) in [5, 5.41) is 3.42. The van der Waals surface area contributed by atoms with Crippen LogP contribution in [0.25, 0.3) is 0 Å². The van der Waals surface area contributed by atoms with Crippen molar-refractivity contribution in [2.75, 3.05) is 5.32 Å². The molecule has 4 heteroatoms. The van der Waals surface area contributed by atoms with Gasteiger partial charge in [0.1, 0.15) is 0 Å². The molecule has 0 aromatic heterocycles. The molecule has 1 unspecified atom stereocenters. The predicted octanol–water partition coefficient (Wildman–Crippen LogP) is 2.96. The minimum absolute atomic E-state index is 0.162. The van der Waals surface area contributed by atoms with Crippen LogP contribution in [0.3, 0.4) is 0 Å². The SMILES string of the molecule is CCC(C)[C@H](N)C(=O)Nc1cc(Cl)ccc1C. The summed E-state index contributed by atoms with van der Waals surface area (Å²) >= 11 is 5.89. The van der Waals surface area contributed by atoms with Gasteiger partial charge in [0.2, 0.25) is 5.91 Å². The van der Waals surface area contributed by atoms with Crippen LogP contribution < -0.4 is 11.1 Å². The highest BCUT2D eigenvalue weighted by molar-refractivity contribution is 6.31. The Morgan fingerprint density at radius 2 is 2.18 bits per heavy atom. The van der Waals surface area contributed by atoms with E-state index in [1.807, 2.05) is 26.8 Å². The van der Waals surface area contributed by atoms with E-state index in [0.29, 0.717) is 5.02 Å². The van der Waals surface area contributed by atoms with E-state index in [9.17, 15) is 4.79 Å². The molecule has 1 aromatic rings. The van der Waals surface area contributed by atoms with Crippen LogP contribution in [-0.2, 0) is 4.79 Å². The number of rotatable bonds is 4. The minimum atomic E-state index is -0.488. The van der Waals surface area contributed by atoms with Gasteiger partial charge in [-0.15, -0.1) is 0 Å². The van der Waals surface area contributed by atoms with Gasteiger partial charge >= 0.3 is 0 Å². The average Bonchev–Trinajstić information content (AvgIpc) is 2.31. The molecule has 94 valence electrons. The molecular formula is C13H19ClN2O. The van der Waals surface area contributed by atoms with Crippen LogP contribution in [-0.4, -0.2) is 11.9 Å². The number of anilines is 1. The molecule has 0 radical (unpaired) electrons. The van der Waals surface area contributed by atoms with Crippen molar-refractivity contribution < 1.29 is 4.79 Å². The van der Waals surface area contributed by atoms with Crippen LogP contribution in [0.15, 0.2) is 18.2 Å². The second-order valence-corrected chi connectivity index (χ2v) is 4.80. The van der Waals surface area contributed by atoms with Crippen LogP contribution in [0, 0.1) is 12.8 Å². The van der Waals surface area contributed by atoms with E-state index < -0.39 is 6.04 Å². The fraction of sp³-hybridized carbons (Fsp3) is 0.462. The molecule has 0 aliphatic carbocycles. The molecule has 0 fully saturated rings. The average molecular weight is 255 g/mol. The van der Waals surface area contributed by atoms with Crippen LogP contribution >= 0.6 is 11.6 Å². The number of carbonyl (C=O) groups is 1. The second-order valence-electron chi connectivity index (χ2n) is 4.36. The fourth-order valence-corrected chi connectivity index (χ4v) is 1.63. The highest BCUT2D eigenvalue weighted by atomic mass is 35.5. The number of benzene rings is 1. The Morgan fingerprint density at radius 3 is 2.76 bits per heavy atom. The number of aryl methyl sites for hydroxylation is 1. The van der Waals surface area contributed by atoms with Crippen LogP contribution in [0.2, 0.25) is 5.02 Å². The normalized spacial score (nSPS) is 14.2. The van der Waals surface area contributed by atoms with Crippen molar-refractivity contribution in [1.29, 1.82) is 0 Å². The van der Waals surface area contributed by atoms with Gasteiger partial charge in [-0.2, -0.15) is 0 Å². The number of nitrogens with one attached hydrogen (secondary N) is 1. The maximum atomic E-state index is 11.9. The van der Waals surface area contributed by atoms with Gasteiger partial charge in [0.05, 0.1) is 6.04 Å². The first-order valence-electron chi connectivity index (χ1n) is 5.78. The third-order valence-electron chi connectivity index (χ3n) is 3.02. The number of carbonyl (C=O) groups excluding carboxylic acids is 1. The van der Waals surface area contributed by atoms with Crippen molar-refractivity contribution in [1.82, 2.24) is 0 Å². The number of amides is 1. The first kappa shape index (κ1) is 14.0. The fourth-order valence-electron chi connectivity index (χ4n) is 1.46. The van der Waals surface area contributed by atoms with Crippen molar-refractivity contribution in [2.45, 2.75) is 33.2 Å². The zero-order valence-electron chi connectivity index (χ0n) is 10.5. The van der Waals surface area contributed by atoms with Gasteiger partial charge in [-0.1, -0.05) is 37.9 Å². The van der Waals surface area contributed by atoms with E-state index in [-0.39, 0.29) is 11.8 Å². The lowest BCUT2D eigenvalue weighted by Gasteiger charge is -2.18. The van der Waals surface area contributed by atoms with Crippen LogP contribution in [0.5, 0.6) is 0 Å². The molecule has 0 bridgehead atoms. The molecule has 3 N–H and O–H groups in total. The molecule has 0 heterocycles. The summed E-state index contributed by atoms with van der Waals surface area (Å²) in [6.07, 6.45) is 0.878. The maximum absolute atomic E-state index is 11.9. The summed E-state index contributed by atoms with van der Waals surface area (Å²) in [7, 11) is 0. The Labute approximate surface area is 107 Å². The Bertz CT molecular complexity index is 406. The number of nitrogens with two attached hydrogens (primary N) is 1. The first-order valence-corrected chi connectivity index (χ1v) is 6.16. The molecule has 2 atom stereocenters. The van der Waals surface area contributed by atoms with E-state index >= 15 is 0 Å². The zero-order chi connectivity index (χ0) is 13.0. The summed E-state index contributed by atoms with van der Waals surface area (Å²) in [5.41, 5.74) is 7.56. The summed E-state index contributed by atoms with van der Waals surface area (Å²) in [4.78, 5) is 11.9. The molecule has 3 nitrogen and oxygen atoms in total. The van der Waals surface area contributed by atoms with Crippen LogP contribution in [0.4, 0.5) is 5.69 Å². The summed E-state index contributed by atoms with van der Waals surface area (Å²) in [6, 6.07) is 4.91. The van der Waals surface area contributed by atoms with E-state index in [1.54, 1.807) is 12.1 Å². The summed E-state index contributed by atoms with van der Waals surface area (Å²) in [5.74, 6) is -0.000734. The van der Waals surface area contributed by atoms with E-state index in [1.165, 1.54) is 0 Å². The summed E-state index contributed by atoms with van der Waals surface area (Å²) in [6.45, 7) is 5.90. The molecule has 0 saturated carbocycles. The lowest BCUT2D eigenvalue weighted by molar-refractivity contribution is -0.118. The van der Waals surface area contributed by atoms with Gasteiger partial charge in [-0.05, 0) is 30.5 Å².